The van der Waals surface area contributed by atoms with Crippen LogP contribution in [0.4, 0.5) is 0 Å². The summed E-state index contributed by atoms with van der Waals surface area (Å²) in [5, 5.41) is 22.1. The van der Waals surface area contributed by atoms with Crippen molar-refractivity contribution < 1.29 is 10.2 Å². The van der Waals surface area contributed by atoms with Crippen LogP contribution in [-0.2, 0) is 23.7 Å². The number of aromatic hydroxyl groups is 2. The fourth-order valence-corrected chi connectivity index (χ4v) is 7.36. The van der Waals surface area contributed by atoms with Crippen molar-refractivity contribution >= 4 is 21.6 Å². The van der Waals surface area contributed by atoms with E-state index in [1.807, 2.05) is 28.5 Å². The van der Waals surface area contributed by atoms with Crippen LogP contribution in [0.25, 0.3) is 0 Å². The number of allylic oxidation sites excluding steroid dienone is 1. The van der Waals surface area contributed by atoms with Crippen LogP contribution in [0.15, 0.2) is 23.1 Å². The SMILES string of the molecule is Cc1cc(C(C)(C)C)c(O)c(C)c1CC1=CC(Cc2c(C)cc(C(C)(C)C)c(O)c2C)SS1. The van der Waals surface area contributed by atoms with E-state index in [0.29, 0.717) is 16.7 Å². The minimum Gasteiger partial charge on any atom is -0.507 e. The lowest BCUT2D eigenvalue weighted by atomic mass is 9.82. The summed E-state index contributed by atoms with van der Waals surface area (Å²) in [4.78, 5) is 1.35. The van der Waals surface area contributed by atoms with Crippen molar-refractivity contribution in [3.63, 3.8) is 0 Å². The van der Waals surface area contributed by atoms with E-state index in [-0.39, 0.29) is 10.8 Å². The van der Waals surface area contributed by atoms with Gasteiger partial charge in [-0.05, 0) is 94.4 Å². The first-order valence-corrected chi connectivity index (χ1v) is 14.0. The molecule has 0 fully saturated rings. The number of rotatable bonds is 4. The second-order valence-electron chi connectivity index (χ2n) is 11.6. The van der Waals surface area contributed by atoms with E-state index in [9.17, 15) is 10.2 Å². The molecular weight excluding hydrogens is 444 g/mol. The molecule has 0 bridgehead atoms. The molecule has 0 spiro atoms. The molecule has 1 unspecified atom stereocenters. The first-order chi connectivity index (χ1) is 15.1. The number of aryl methyl sites for hydroxylation is 2. The zero-order valence-corrected chi connectivity index (χ0v) is 23.6. The Bertz CT molecular complexity index is 1100. The molecule has 1 heterocycles. The lowest BCUT2D eigenvalue weighted by Crippen LogP contribution is -2.14. The van der Waals surface area contributed by atoms with Gasteiger partial charge in [-0.1, -0.05) is 81.3 Å². The maximum atomic E-state index is 10.9. The number of phenols is 2. The number of benzene rings is 2. The largest absolute Gasteiger partial charge is 0.507 e. The smallest absolute Gasteiger partial charge is 0.122 e. The van der Waals surface area contributed by atoms with Crippen molar-refractivity contribution in [3.8, 4) is 11.5 Å². The first-order valence-electron chi connectivity index (χ1n) is 11.8. The summed E-state index contributed by atoms with van der Waals surface area (Å²) >= 11 is 0. The van der Waals surface area contributed by atoms with Crippen LogP contribution in [0.3, 0.4) is 0 Å². The van der Waals surface area contributed by atoms with E-state index < -0.39 is 0 Å². The Hall–Kier alpha value is -1.52. The molecule has 2 nitrogen and oxygen atoms in total. The van der Waals surface area contributed by atoms with Gasteiger partial charge in [0.2, 0.25) is 0 Å². The second kappa shape index (κ2) is 9.26. The summed E-state index contributed by atoms with van der Waals surface area (Å²) in [6.07, 6.45) is 4.16. The molecule has 2 N–H and O–H groups in total. The maximum Gasteiger partial charge on any atom is 0.122 e. The predicted molar refractivity (Wildman–Crippen MR) is 147 cm³/mol. The van der Waals surface area contributed by atoms with Crippen LogP contribution in [0.1, 0.15) is 86.1 Å². The summed E-state index contributed by atoms with van der Waals surface area (Å²) < 4.78 is 0. The van der Waals surface area contributed by atoms with Gasteiger partial charge in [-0.3, -0.25) is 0 Å². The van der Waals surface area contributed by atoms with Gasteiger partial charge in [0.1, 0.15) is 11.5 Å². The molecule has 0 aliphatic carbocycles. The molecule has 0 saturated heterocycles. The molecule has 1 aliphatic rings. The highest BCUT2D eigenvalue weighted by atomic mass is 33.1. The standard InChI is InChI=1S/C29H40O2S2/c1-16-11-24(28(5,6)7)26(30)18(3)22(16)14-20-13-21(33-32-20)15-23-17(2)12-25(29(8,9)10)27(31)19(23)4/h11-13,20,30-31H,14-15H2,1-10H3. The highest BCUT2D eigenvalue weighted by Gasteiger charge is 2.26. The number of phenolic OH excluding ortho intramolecular Hbond substituents is 2. The molecule has 3 rings (SSSR count). The lowest BCUT2D eigenvalue weighted by molar-refractivity contribution is 0.441. The summed E-state index contributed by atoms with van der Waals surface area (Å²) in [7, 11) is 3.76. The summed E-state index contributed by atoms with van der Waals surface area (Å²) in [6.45, 7) is 21.3. The molecule has 0 saturated carbocycles. The van der Waals surface area contributed by atoms with Crippen molar-refractivity contribution in [1.82, 2.24) is 0 Å². The summed E-state index contributed by atoms with van der Waals surface area (Å²) in [5.74, 6) is 0.889. The maximum absolute atomic E-state index is 10.9. The van der Waals surface area contributed by atoms with Gasteiger partial charge in [0.15, 0.2) is 0 Å². The molecule has 2 aromatic rings. The topological polar surface area (TPSA) is 40.5 Å². The minimum absolute atomic E-state index is 0.0764. The molecule has 33 heavy (non-hydrogen) atoms. The Labute approximate surface area is 208 Å². The van der Waals surface area contributed by atoms with Gasteiger partial charge in [0.05, 0.1) is 0 Å². The fraction of sp³-hybridized carbons (Fsp3) is 0.517. The fourth-order valence-electron chi connectivity index (χ4n) is 4.70. The van der Waals surface area contributed by atoms with Crippen molar-refractivity contribution in [1.29, 1.82) is 0 Å². The third-order valence-corrected chi connectivity index (χ3v) is 9.64. The van der Waals surface area contributed by atoms with E-state index in [0.717, 1.165) is 35.1 Å². The normalized spacial score (nSPS) is 16.9. The van der Waals surface area contributed by atoms with Crippen LogP contribution in [0.5, 0.6) is 11.5 Å². The Balaban J connectivity index is 1.85. The lowest BCUT2D eigenvalue weighted by Gasteiger charge is -2.25. The average molecular weight is 485 g/mol. The molecule has 1 aliphatic heterocycles. The van der Waals surface area contributed by atoms with E-state index in [2.05, 4.69) is 80.5 Å². The van der Waals surface area contributed by atoms with Crippen molar-refractivity contribution in [3.05, 3.63) is 67.6 Å². The Morgan fingerprint density at radius 2 is 1.21 bits per heavy atom. The van der Waals surface area contributed by atoms with Gasteiger partial charge < -0.3 is 10.2 Å². The van der Waals surface area contributed by atoms with Gasteiger partial charge in [0, 0.05) is 11.7 Å². The zero-order valence-electron chi connectivity index (χ0n) is 21.9. The molecule has 0 amide bonds. The van der Waals surface area contributed by atoms with Gasteiger partial charge in [-0.2, -0.15) is 0 Å². The Morgan fingerprint density at radius 1 is 0.758 bits per heavy atom. The first kappa shape index (κ1) is 26.1. The zero-order chi connectivity index (χ0) is 24.9. The minimum atomic E-state index is -0.0791. The third kappa shape index (κ3) is 5.43. The van der Waals surface area contributed by atoms with E-state index in [1.165, 1.54) is 27.2 Å². The molecule has 0 aromatic heterocycles. The highest BCUT2D eigenvalue weighted by Crippen LogP contribution is 2.47. The van der Waals surface area contributed by atoms with E-state index >= 15 is 0 Å². The third-order valence-electron chi connectivity index (χ3n) is 6.82. The number of hydrogen-bond acceptors (Lipinski definition) is 4. The van der Waals surface area contributed by atoms with Gasteiger partial charge in [0.25, 0.3) is 0 Å². The molecule has 2 aromatic carbocycles. The second-order valence-corrected chi connectivity index (χ2v) is 14.2. The predicted octanol–water partition coefficient (Wildman–Crippen LogP) is 8.36. The molecule has 1 atom stereocenters. The Morgan fingerprint density at radius 3 is 1.70 bits per heavy atom. The van der Waals surface area contributed by atoms with Crippen LogP contribution in [0, 0.1) is 27.7 Å². The van der Waals surface area contributed by atoms with Crippen LogP contribution in [-0.4, -0.2) is 15.5 Å². The van der Waals surface area contributed by atoms with E-state index in [1.54, 1.807) is 0 Å². The van der Waals surface area contributed by atoms with Gasteiger partial charge in [-0.15, -0.1) is 0 Å². The van der Waals surface area contributed by atoms with Crippen molar-refractivity contribution in [2.75, 3.05) is 0 Å². The molecule has 4 heteroatoms. The van der Waals surface area contributed by atoms with Crippen molar-refractivity contribution in [2.24, 2.45) is 0 Å². The van der Waals surface area contributed by atoms with Crippen LogP contribution >= 0.6 is 21.6 Å². The van der Waals surface area contributed by atoms with Gasteiger partial charge in [-0.25, -0.2) is 0 Å². The average Bonchev–Trinajstić information content (AvgIpc) is 3.13. The summed E-state index contributed by atoms with van der Waals surface area (Å²) in [5.41, 5.74) is 8.91. The van der Waals surface area contributed by atoms with Gasteiger partial charge >= 0.3 is 0 Å². The molecule has 180 valence electrons. The summed E-state index contributed by atoms with van der Waals surface area (Å²) in [6, 6.07) is 4.33. The van der Waals surface area contributed by atoms with E-state index in [4.69, 9.17) is 0 Å². The van der Waals surface area contributed by atoms with Crippen LogP contribution < -0.4 is 0 Å². The molecular formula is C29H40O2S2. The monoisotopic (exact) mass is 484 g/mol. The van der Waals surface area contributed by atoms with Crippen molar-refractivity contribution in [2.45, 2.75) is 98.2 Å². The molecule has 0 radical (unpaired) electrons. The van der Waals surface area contributed by atoms with Crippen LogP contribution in [0.2, 0.25) is 0 Å². The quantitative estimate of drug-likeness (QED) is 0.428. The highest BCUT2D eigenvalue weighted by molar-refractivity contribution is 8.78. The Kier molecular flexibility index (Phi) is 7.32. The number of hydrogen-bond donors (Lipinski definition) is 2.